The Bertz CT molecular complexity index is 1010. The molecule has 7 nitrogen and oxygen atoms in total. The first-order valence-electron chi connectivity index (χ1n) is 11.2. The average Bonchev–Trinajstić information content (AvgIpc) is 3.35. The third kappa shape index (κ3) is 5.43. The van der Waals surface area contributed by atoms with E-state index in [2.05, 4.69) is 10.2 Å². The van der Waals surface area contributed by atoms with E-state index in [9.17, 15) is 18.8 Å². The number of hydrogen-bond acceptors (Lipinski definition) is 4. The number of rotatable bonds is 6. The normalized spacial score (nSPS) is 17.5. The highest BCUT2D eigenvalue weighted by molar-refractivity contribution is 5.93. The molecule has 0 spiro atoms. The van der Waals surface area contributed by atoms with Crippen molar-refractivity contribution in [2.75, 3.05) is 26.2 Å². The maximum absolute atomic E-state index is 13.0. The molecule has 1 N–H and O–H groups in total. The second-order valence-electron chi connectivity index (χ2n) is 8.55. The summed E-state index contributed by atoms with van der Waals surface area (Å²) in [5.74, 6) is -0.806. The highest BCUT2D eigenvalue weighted by Gasteiger charge is 2.28. The molecule has 8 heteroatoms. The quantitative estimate of drug-likeness (QED) is 0.746. The Balaban J connectivity index is 1.33. The highest BCUT2D eigenvalue weighted by atomic mass is 19.1. The standard InChI is InChI=1S/C24H29FN4O3/c25-20-8-5-18(6-9-20)15-26-24(32)19-7-10-22(30)29(16-19)17-23(31)28-13-11-27(12-14-28)21-3-1-2-4-21/h5-10,16,21H,1-4,11-15,17H2,(H,26,32). The van der Waals surface area contributed by atoms with E-state index in [0.29, 0.717) is 24.7 Å². The molecule has 4 rings (SSSR count). The molecule has 2 fully saturated rings. The Labute approximate surface area is 186 Å². The van der Waals surface area contributed by atoms with Crippen LogP contribution < -0.4 is 10.9 Å². The Morgan fingerprint density at radius 1 is 0.969 bits per heavy atom. The largest absolute Gasteiger partial charge is 0.348 e. The second-order valence-corrected chi connectivity index (χ2v) is 8.55. The Kier molecular flexibility index (Phi) is 6.99. The minimum atomic E-state index is -0.360. The van der Waals surface area contributed by atoms with Crippen LogP contribution in [0.15, 0.2) is 47.4 Å². The van der Waals surface area contributed by atoms with Crippen molar-refractivity contribution in [3.8, 4) is 0 Å². The summed E-state index contributed by atoms with van der Waals surface area (Å²) >= 11 is 0. The smallest absolute Gasteiger partial charge is 0.253 e. The van der Waals surface area contributed by atoms with Gasteiger partial charge in [0, 0.05) is 51.0 Å². The van der Waals surface area contributed by atoms with Gasteiger partial charge in [-0.05, 0) is 36.6 Å². The zero-order valence-electron chi connectivity index (χ0n) is 18.1. The molecule has 1 aromatic carbocycles. The van der Waals surface area contributed by atoms with Gasteiger partial charge in [0.15, 0.2) is 0 Å². The first-order valence-corrected chi connectivity index (χ1v) is 11.2. The van der Waals surface area contributed by atoms with E-state index in [1.807, 2.05) is 0 Å². The van der Waals surface area contributed by atoms with Crippen LogP contribution in [-0.4, -0.2) is 58.4 Å². The third-order valence-electron chi connectivity index (χ3n) is 6.43. The van der Waals surface area contributed by atoms with E-state index in [1.54, 1.807) is 17.0 Å². The number of benzene rings is 1. The monoisotopic (exact) mass is 440 g/mol. The van der Waals surface area contributed by atoms with E-state index >= 15 is 0 Å². The lowest BCUT2D eigenvalue weighted by Gasteiger charge is -2.38. The molecule has 1 saturated heterocycles. The van der Waals surface area contributed by atoms with E-state index in [-0.39, 0.29) is 36.3 Å². The molecule has 32 heavy (non-hydrogen) atoms. The molecule has 0 unspecified atom stereocenters. The second kappa shape index (κ2) is 10.1. The molecule has 2 aromatic rings. The highest BCUT2D eigenvalue weighted by Crippen LogP contribution is 2.24. The van der Waals surface area contributed by atoms with E-state index in [4.69, 9.17) is 0 Å². The van der Waals surface area contributed by atoms with Gasteiger partial charge in [-0.2, -0.15) is 0 Å². The lowest BCUT2D eigenvalue weighted by Crippen LogP contribution is -2.52. The number of aromatic nitrogens is 1. The molecule has 2 heterocycles. The molecule has 1 aliphatic heterocycles. The van der Waals surface area contributed by atoms with Gasteiger partial charge in [0.05, 0.1) is 5.56 Å². The van der Waals surface area contributed by atoms with Crippen LogP contribution in [0.5, 0.6) is 0 Å². The van der Waals surface area contributed by atoms with Crippen molar-refractivity contribution in [3.63, 3.8) is 0 Å². The van der Waals surface area contributed by atoms with Gasteiger partial charge in [-0.1, -0.05) is 25.0 Å². The molecule has 2 amide bonds. The van der Waals surface area contributed by atoms with Gasteiger partial charge in [0.1, 0.15) is 12.4 Å². The van der Waals surface area contributed by atoms with Crippen LogP contribution in [0.2, 0.25) is 0 Å². The molecular weight excluding hydrogens is 411 g/mol. The molecule has 0 atom stereocenters. The van der Waals surface area contributed by atoms with Crippen molar-refractivity contribution in [2.45, 2.75) is 44.8 Å². The van der Waals surface area contributed by atoms with Crippen molar-refractivity contribution in [2.24, 2.45) is 0 Å². The van der Waals surface area contributed by atoms with Crippen molar-refractivity contribution in [3.05, 3.63) is 69.9 Å². The maximum atomic E-state index is 13.0. The topological polar surface area (TPSA) is 74.6 Å². The van der Waals surface area contributed by atoms with Gasteiger partial charge >= 0.3 is 0 Å². The third-order valence-corrected chi connectivity index (χ3v) is 6.43. The predicted octanol–water partition coefficient (Wildman–Crippen LogP) is 2.00. The maximum Gasteiger partial charge on any atom is 0.253 e. The van der Waals surface area contributed by atoms with Crippen LogP contribution in [0, 0.1) is 5.82 Å². The molecule has 0 radical (unpaired) electrons. The van der Waals surface area contributed by atoms with Crippen molar-refractivity contribution in [1.82, 2.24) is 19.7 Å². The summed E-state index contributed by atoms with van der Waals surface area (Å²) in [5, 5.41) is 2.75. The number of amides is 2. The first kappa shape index (κ1) is 22.2. The van der Waals surface area contributed by atoms with Crippen LogP contribution in [0.4, 0.5) is 4.39 Å². The van der Waals surface area contributed by atoms with Gasteiger partial charge in [0.2, 0.25) is 5.91 Å². The summed E-state index contributed by atoms with van der Waals surface area (Å²) in [6.07, 6.45) is 6.51. The van der Waals surface area contributed by atoms with Crippen molar-refractivity contribution >= 4 is 11.8 Å². The number of nitrogens with one attached hydrogen (secondary N) is 1. The lowest BCUT2D eigenvalue weighted by atomic mass is 10.2. The summed E-state index contributed by atoms with van der Waals surface area (Å²) in [6, 6.07) is 9.27. The van der Waals surface area contributed by atoms with Crippen molar-refractivity contribution < 1.29 is 14.0 Å². The summed E-state index contributed by atoms with van der Waals surface area (Å²) in [6.45, 7) is 3.24. The molecule has 0 bridgehead atoms. The molecule has 1 aromatic heterocycles. The SMILES string of the molecule is O=C(NCc1ccc(F)cc1)c1ccc(=O)n(CC(=O)N2CCN(C3CCCC3)CC2)c1. The minimum Gasteiger partial charge on any atom is -0.348 e. The number of hydrogen-bond donors (Lipinski definition) is 1. The molecule has 1 aliphatic carbocycles. The molecular formula is C24H29FN4O3. The number of halogens is 1. The summed E-state index contributed by atoms with van der Waals surface area (Å²) < 4.78 is 14.3. The Hall–Kier alpha value is -3.00. The fourth-order valence-corrected chi connectivity index (χ4v) is 4.53. The van der Waals surface area contributed by atoms with Gasteiger partial charge in [-0.3, -0.25) is 19.3 Å². The number of carbonyl (C=O) groups excluding carboxylic acids is 2. The van der Waals surface area contributed by atoms with Crippen LogP contribution in [-0.2, 0) is 17.9 Å². The summed E-state index contributed by atoms with van der Waals surface area (Å²) in [5.41, 5.74) is 0.739. The zero-order chi connectivity index (χ0) is 22.5. The average molecular weight is 441 g/mol. The van der Waals surface area contributed by atoms with Gasteiger partial charge < -0.3 is 14.8 Å². The van der Waals surface area contributed by atoms with Crippen LogP contribution >= 0.6 is 0 Å². The van der Waals surface area contributed by atoms with Crippen LogP contribution in [0.25, 0.3) is 0 Å². The number of nitrogens with zero attached hydrogens (tertiary/aromatic N) is 3. The number of pyridine rings is 1. The predicted molar refractivity (Wildman–Crippen MR) is 119 cm³/mol. The van der Waals surface area contributed by atoms with Gasteiger partial charge in [-0.15, -0.1) is 0 Å². The van der Waals surface area contributed by atoms with Crippen LogP contribution in [0.1, 0.15) is 41.6 Å². The van der Waals surface area contributed by atoms with Crippen LogP contribution in [0.3, 0.4) is 0 Å². The van der Waals surface area contributed by atoms with Crippen molar-refractivity contribution in [1.29, 1.82) is 0 Å². The van der Waals surface area contributed by atoms with Gasteiger partial charge in [-0.25, -0.2) is 4.39 Å². The number of piperazine rings is 1. The minimum absolute atomic E-state index is 0.0820. The fourth-order valence-electron chi connectivity index (χ4n) is 4.53. The Morgan fingerprint density at radius 3 is 2.34 bits per heavy atom. The fraction of sp³-hybridized carbons (Fsp3) is 0.458. The molecule has 1 saturated carbocycles. The first-order chi connectivity index (χ1) is 15.5. The Morgan fingerprint density at radius 2 is 1.66 bits per heavy atom. The summed E-state index contributed by atoms with van der Waals surface area (Å²) in [4.78, 5) is 41.8. The van der Waals surface area contributed by atoms with E-state index in [1.165, 1.54) is 60.7 Å². The zero-order valence-corrected chi connectivity index (χ0v) is 18.1. The van der Waals surface area contributed by atoms with E-state index in [0.717, 1.165) is 18.7 Å². The summed E-state index contributed by atoms with van der Waals surface area (Å²) in [7, 11) is 0. The molecule has 170 valence electrons. The lowest BCUT2D eigenvalue weighted by molar-refractivity contribution is -0.134. The van der Waals surface area contributed by atoms with Gasteiger partial charge in [0.25, 0.3) is 11.5 Å². The number of carbonyl (C=O) groups is 2. The molecule has 2 aliphatic rings. The van der Waals surface area contributed by atoms with E-state index < -0.39 is 0 Å².